The summed E-state index contributed by atoms with van der Waals surface area (Å²) >= 11 is 0. The van der Waals surface area contributed by atoms with Crippen molar-refractivity contribution < 1.29 is 0 Å². The summed E-state index contributed by atoms with van der Waals surface area (Å²) in [7, 11) is 2.10. The van der Waals surface area contributed by atoms with Crippen LogP contribution >= 0.6 is 0 Å². The highest BCUT2D eigenvalue weighted by molar-refractivity contribution is 4.83. The predicted molar refractivity (Wildman–Crippen MR) is 82.5 cm³/mol. The molecule has 3 heteroatoms. The first-order valence-electron chi connectivity index (χ1n) is 8.11. The zero-order valence-corrected chi connectivity index (χ0v) is 13.4. The second-order valence-corrected chi connectivity index (χ2v) is 7.58. The van der Waals surface area contributed by atoms with Gasteiger partial charge in [0.15, 0.2) is 0 Å². The zero-order chi connectivity index (χ0) is 13.9. The minimum Gasteiger partial charge on any atom is -0.316 e. The first-order chi connectivity index (χ1) is 8.99. The number of hydrogen-bond donors (Lipinski definition) is 1. The van der Waals surface area contributed by atoms with Crippen LogP contribution in [0.4, 0.5) is 0 Å². The molecular formula is C16H33N3. The molecule has 0 aromatic rings. The summed E-state index contributed by atoms with van der Waals surface area (Å²) in [5, 5.41) is 3.49. The molecular weight excluding hydrogens is 234 g/mol. The van der Waals surface area contributed by atoms with Crippen molar-refractivity contribution in [1.82, 2.24) is 15.1 Å². The molecule has 1 aliphatic heterocycles. The molecule has 112 valence electrons. The fourth-order valence-corrected chi connectivity index (χ4v) is 3.18. The summed E-state index contributed by atoms with van der Waals surface area (Å²) in [5.41, 5.74) is 0.364. The molecule has 2 aliphatic rings. The maximum absolute atomic E-state index is 3.49. The lowest BCUT2D eigenvalue weighted by molar-refractivity contribution is 0.118. The molecule has 0 radical (unpaired) electrons. The minimum absolute atomic E-state index is 0.364. The van der Waals surface area contributed by atoms with Crippen LogP contribution in [-0.4, -0.2) is 62.2 Å². The molecule has 2 fully saturated rings. The summed E-state index contributed by atoms with van der Waals surface area (Å²) in [6, 6.07) is 0.622. The molecule has 1 saturated carbocycles. The largest absolute Gasteiger partial charge is 0.316 e. The maximum atomic E-state index is 3.49. The van der Waals surface area contributed by atoms with Crippen molar-refractivity contribution in [3.05, 3.63) is 0 Å². The minimum atomic E-state index is 0.364. The van der Waals surface area contributed by atoms with Crippen LogP contribution in [0.2, 0.25) is 0 Å². The van der Waals surface area contributed by atoms with Gasteiger partial charge in [0.1, 0.15) is 0 Å². The highest BCUT2D eigenvalue weighted by atomic mass is 15.3. The van der Waals surface area contributed by atoms with Crippen LogP contribution < -0.4 is 5.32 Å². The Morgan fingerprint density at radius 3 is 2.11 bits per heavy atom. The molecule has 1 N–H and O–H groups in total. The fraction of sp³-hybridized carbons (Fsp3) is 1.00. The summed E-state index contributed by atoms with van der Waals surface area (Å²) < 4.78 is 0. The van der Waals surface area contributed by atoms with Gasteiger partial charge in [0.05, 0.1) is 0 Å². The van der Waals surface area contributed by atoms with Crippen molar-refractivity contribution >= 4 is 0 Å². The van der Waals surface area contributed by atoms with Crippen molar-refractivity contribution in [2.75, 3.05) is 46.3 Å². The first-order valence-corrected chi connectivity index (χ1v) is 8.11. The number of rotatable bonds is 6. The third-order valence-electron chi connectivity index (χ3n) is 4.81. The molecule has 2 rings (SSSR count). The van der Waals surface area contributed by atoms with E-state index in [4.69, 9.17) is 0 Å². The van der Waals surface area contributed by atoms with Crippen LogP contribution in [0.3, 0.4) is 0 Å². The molecule has 0 bridgehead atoms. The van der Waals surface area contributed by atoms with Gasteiger partial charge in [-0.3, -0.25) is 0 Å². The van der Waals surface area contributed by atoms with Crippen molar-refractivity contribution in [3.63, 3.8) is 0 Å². The summed E-state index contributed by atoms with van der Waals surface area (Å²) in [5.74, 6) is 1.04. The second-order valence-electron chi connectivity index (χ2n) is 7.58. The molecule has 1 aliphatic carbocycles. The van der Waals surface area contributed by atoms with E-state index in [0.29, 0.717) is 11.5 Å². The smallest absolute Gasteiger partial charge is 0.0125 e. The first kappa shape index (κ1) is 15.3. The van der Waals surface area contributed by atoms with E-state index in [9.17, 15) is 0 Å². The van der Waals surface area contributed by atoms with E-state index >= 15 is 0 Å². The second kappa shape index (κ2) is 6.55. The standard InChI is InChI=1S/C16H33N3/c1-16(2,3)15(17-4)7-8-18-9-11-19(12-10-18)13-14-5-6-14/h14-15,17H,5-13H2,1-4H3. The molecule has 0 aromatic heterocycles. The molecule has 0 amide bonds. The van der Waals surface area contributed by atoms with E-state index in [1.807, 2.05) is 0 Å². The fourth-order valence-electron chi connectivity index (χ4n) is 3.18. The van der Waals surface area contributed by atoms with E-state index in [1.165, 1.54) is 58.5 Å². The quantitative estimate of drug-likeness (QED) is 0.794. The van der Waals surface area contributed by atoms with E-state index in [1.54, 1.807) is 0 Å². The molecule has 1 atom stereocenters. The van der Waals surface area contributed by atoms with E-state index < -0.39 is 0 Å². The Hall–Kier alpha value is -0.120. The lowest BCUT2D eigenvalue weighted by atomic mass is 9.85. The molecule has 1 unspecified atom stereocenters. The van der Waals surface area contributed by atoms with Crippen molar-refractivity contribution in [1.29, 1.82) is 0 Å². The lowest BCUT2D eigenvalue weighted by Crippen LogP contribution is -2.48. The summed E-state index contributed by atoms with van der Waals surface area (Å²) in [6.45, 7) is 14.7. The molecule has 1 heterocycles. The highest BCUT2D eigenvalue weighted by Gasteiger charge is 2.27. The third-order valence-corrected chi connectivity index (χ3v) is 4.81. The van der Waals surface area contributed by atoms with Gasteiger partial charge in [0.25, 0.3) is 0 Å². The van der Waals surface area contributed by atoms with E-state index in [-0.39, 0.29) is 0 Å². The molecule has 0 aromatic carbocycles. The average Bonchev–Trinajstić information content (AvgIpc) is 3.14. The van der Waals surface area contributed by atoms with Gasteiger partial charge >= 0.3 is 0 Å². The van der Waals surface area contributed by atoms with Crippen LogP contribution in [0, 0.1) is 11.3 Å². The Labute approximate surface area is 119 Å². The van der Waals surface area contributed by atoms with Gasteiger partial charge in [0, 0.05) is 38.8 Å². The molecule has 1 saturated heterocycles. The Morgan fingerprint density at radius 2 is 1.63 bits per heavy atom. The van der Waals surface area contributed by atoms with Gasteiger partial charge in [-0.25, -0.2) is 0 Å². The Balaban J connectivity index is 1.64. The predicted octanol–water partition coefficient (Wildman–Crippen LogP) is 2.04. The molecule has 3 nitrogen and oxygen atoms in total. The van der Waals surface area contributed by atoms with Crippen LogP contribution in [-0.2, 0) is 0 Å². The van der Waals surface area contributed by atoms with Gasteiger partial charge in [-0.1, -0.05) is 20.8 Å². The van der Waals surface area contributed by atoms with Crippen LogP contribution in [0.25, 0.3) is 0 Å². The number of nitrogens with one attached hydrogen (secondary N) is 1. The molecule has 0 spiro atoms. The third kappa shape index (κ3) is 5.05. The lowest BCUT2D eigenvalue weighted by Gasteiger charge is -2.37. The van der Waals surface area contributed by atoms with Gasteiger partial charge < -0.3 is 15.1 Å². The normalized spacial score (nSPS) is 24.6. The van der Waals surface area contributed by atoms with Gasteiger partial charge in [-0.05, 0) is 44.2 Å². The Morgan fingerprint density at radius 1 is 1.05 bits per heavy atom. The van der Waals surface area contributed by atoms with Gasteiger partial charge in [-0.15, -0.1) is 0 Å². The summed E-state index contributed by atoms with van der Waals surface area (Å²) in [6.07, 6.45) is 4.23. The maximum Gasteiger partial charge on any atom is 0.0125 e. The topological polar surface area (TPSA) is 18.5 Å². The van der Waals surface area contributed by atoms with Gasteiger partial charge in [0.2, 0.25) is 0 Å². The average molecular weight is 267 g/mol. The van der Waals surface area contributed by atoms with E-state index in [2.05, 4.69) is 42.9 Å². The monoisotopic (exact) mass is 267 g/mol. The van der Waals surface area contributed by atoms with E-state index in [0.717, 1.165) is 5.92 Å². The number of hydrogen-bond acceptors (Lipinski definition) is 3. The van der Waals surface area contributed by atoms with Crippen molar-refractivity contribution in [2.24, 2.45) is 11.3 Å². The Kier molecular flexibility index (Phi) is 5.27. The van der Waals surface area contributed by atoms with Crippen LogP contribution in [0.1, 0.15) is 40.0 Å². The highest BCUT2D eigenvalue weighted by Crippen LogP contribution is 2.30. The Bertz CT molecular complexity index is 260. The zero-order valence-electron chi connectivity index (χ0n) is 13.4. The number of nitrogens with zero attached hydrogens (tertiary/aromatic N) is 2. The van der Waals surface area contributed by atoms with Gasteiger partial charge in [-0.2, -0.15) is 0 Å². The van der Waals surface area contributed by atoms with Crippen LogP contribution in [0.5, 0.6) is 0 Å². The summed E-state index contributed by atoms with van der Waals surface area (Å²) in [4.78, 5) is 5.33. The van der Waals surface area contributed by atoms with Crippen LogP contribution in [0.15, 0.2) is 0 Å². The van der Waals surface area contributed by atoms with Crippen molar-refractivity contribution in [3.8, 4) is 0 Å². The molecule has 19 heavy (non-hydrogen) atoms. The number of piperazine rings is 1. The van der Waals surface area contributed by atoms with Crippen molar-refractivity contribution in [2.45, 2.75) is 46.1 Å². The SMILES string of the molecule is CNC(CCN1CCN(CC2CC2)CC1)C(C)(C)C.